The maximum absolute atomic E-state index is 14.0. The molecule has 28 heteroatoms. The lowest BCUT2D eigenvalue weighted by Gasteiger charge is -2.23. The van der Waals surface area contributed by atoms with Crippen molar-refractivity contribution in [3.05, 3.63) is 124 Å². The lowest BCUT2D eigenvalue weighted by Crippen LogP contribution is -2.53. The standard InChI is InChI=1S/C60H81ClFN11O15/c1-78-54-41-52-48(57(67-43-66-52)69-47-15-16-50(62)49(61)39-47)40-55(54)87-21-7-19-65-60(77)88-42-45-11-13-46(14-12-45)70-58(75)51(10-5-6-18-63)72-59(76)53(38-44-8-3-2-4-9-44)71-56(74)17-22-79-24-26-81-28-30-83-32-34-85-36-37-86-35-33-84-31-29-82-27-25-80-23-20-68-73-64/h2-4,8-9,11-16,39-41,43,51,53H,5-7,10,17-38,42,63H2,1H3,(H,65,77)(H,70,75)(H,71,74)(H,72,76)(H,66,67,69)/t51?,53-/m0/s1. The highest BCUT2D eigenvalue weighted by Gasteiger charge is 2.27. The Kier molecular flexibility index (Phi) is 35.6. The molecule has 480 valence electrons. The summed E-state index contributed by atoms with van der Waals surface area (Å²) in [5.74, 6) is -0.631. The van der Waals surface area contributed by atoms with Crippen LogP contribution < -0.4 is 41.8 Å². The molecule has 0 spiro atoms. The molecule has 0 aliphatic carbocycles. The fraction of sp³-hybridized carbons (Fsp3) is 0.500. The molecule has 1 aromatic heterocycles. The fourth-order valence-corrected chi connectivity index (χ4v) is 8.20. The predicted octanol–water partition coefficient (Wildman–Crippen LogP) is 6.98. The number of fused-ring (bicyclic) bond motifs is 1. The van der Waals surface area contributed by atoms with E-state index in [1.807, 2.05) is 30.3 Å². The summed E-state index contributed by atoms with van der Waals surface area (Å²) in [6, 6.07) is 21.7. The minimum absolute atomic E-state index is 0.0138. The minimum atomic E-state index is -0.998. The van der Waals surface area contributed by atoms with E-state index in [1.54, 1.807) is 36.4 Å². The van der Waals surface area contributed by atoms with Gasteiger partial charge in [-0.3, -0.25) is 14.4 Å². The van der Waals surface area contributed by atoms with Gasteiger partial charge in [0.2, 0.25) is 17.7 Å². The zero-order chi connectivity index (χ0) is 62.7. The predicted molar refractivity (Wildman–Crippen MR) is 326 cm³/mol. The maximum atomic E-state index is 14.0. The van der Waals surface area contributed by atoms with Crippen molar-refractivity contribution in [3.63, 3.8) is 0 Å². The van der Waals surface area contributed by atoms with E-state index < -0.39 is 41.7 Å². The highest BCUT2D eigenvalue weighted by atomic mass is 35.5. The Balaban J connectivity index is 0.939. The summed E-state index contributed by atoms with van der Waals surface area (Å²) in [5.41, 5.74) is 17.0. The first-order chi connectivity index (χ1) is 43.1. The van der Waals surface area contributed by atoms with Gasteiger partial charge in [-0.25, -0.2) is 19.2 Å². The molecule has 0 aliphatic heterocycles. The maximum Gasteiger partial charge on any atom is 0.407 e. The summed E-state index contributed by atoms with van der Waals surface area (Å²) in [6.07, 6.45) is 2.82. The molecule has 0 bridgehead atoms. The first-order valence-electron chi connectivity index (χ1n) is 29.0. The SMILES string of the molecule is COc1cc2ncnc(Nc3ccc(F)c(Cl)c3)c2cc1OCCCNC(=O)OCc1ccc(NC(=O)C(CCCCN)NC(=O)[C@H](Cc2ccccc2)NC(=O)CCOCCOCCOCCOCCOCCOCCOCCOCCN=[N+]=[N-])cc1. The van der Waals surface area contributed by atoms with Gasteiger partial charge < -0.3 is 84.4 Å². The van der Waals surface area contributed by atoms with Gasteiger partial charge in [-0.05, 0) is 85.3 Å². The van der Waals surface area contributed by atoms with Crippen molar-refractivity contribution < 1.29 is 75.7 Å². The van der Waals surface area contributed by atoms with Crippen LogP contribution >= 0.6 is 11.6 Å². The van der Waals surface area contributed by atoms with Gasteiger partial charge >= 0.3 is 6.09 Å². The smallest absolute Gasteiger partial charge is 0.407 e. The Labute approximate surface area is 516 Å². The Morgan fingerprint density at radius 2 is 1.27 bits per heavy atom. The number of hydrogen-bond donors (Lipinski definition) is 6. The number of nitrogens with two attached hydrogens (primary N) is 1. The van der Waals surface area contributed by atoms with Gasteiger partial charge in [-0.2, -0.15) is 0 Å². The van der Waals surface area contributed by atoms with Crippen molar-refractivity contribution in [3.8, 4) is 11.5 Å². The third-order valence-corrected chi connectivity index (χ3v) is 12.8. The van der Waals surface area contributed by atoms with Crippen LogP contribution in [0.1, 0.15) is 43.2 Å². The molecule has 0 saturated carbocycles. The van der Waals surface area contributed by atoms with Crippen molar-refractivity contribution >= 4 is 63.5 Å². The number of nitrogens with one attached hydrogen (secondary N) is 5. The molecule has 4 aromatic carbocycles. The van der Waals surface area contributed by atoms with E-state index in [2.05, 4.69) is 46.6 Å². The van der Waals surface area contributed by atoms with Crippen LogP contribution in [0.15, 0.2) is 96.4 Å². The van der Waals surface area contributed by atoms with Crippen molar-refractivity contribution in [1.82, 2.24) is 25.9 Å². The van der Waals surface area contributed by atoms with Gasteiger partial charge in [-0.1, -0.05) is 59.2 Å². The van der Waals surface area contributed by atoms with E-state index in [4.69, 9.17) is 75.0 Å². The quantitative estimate of drug-likeness (QED) is 0.00989. The van der Waals surface area contributed by atoms with Crippen LogP contribution in [0.2, 0.25) is 5.02 Å². The van der Waals surface area contributed by atoms with Crippen molar-refractivity contribution in [2.75, 3.05) is 150 Å². The van der Waals surface area contributed by atoms with Gasteiger partial charge in [0.25, 0.3) is 0 Å². The Hall–Kier alpha value is -7.53. The number of aromatic nitrogens is 2. The second-order valence-electron chi connectivity index (χ2n) is 19.1. The normalized spacial score (nSPS) is 11.7. The molecule has 88 heavy (non-hydrogen) atoms. The third kappa shape index (κ3) is 29.4. The van der Waals surface area contributed by atoms with Crippen molar-refractivity contribution in [1.29, 1.82) is 0 Å². The lowest BCUT2D eigenvalue weighted by molar-refractivity contribution is -0.131. The molecule has 0 aliphatic rings. The van der Waals surface area contributed by atoms with Gasteiger partial charge in [0.1, 0.15) is 36.7 Å². The van der Waals surface area contributed by atoms with E-state index in [0.717, 1.165) is 5.56 Å². The zero-order valence-electron chi connectivity index (χ0n) is 49.6. The average Bonchev–Trinajstić information content (AvgIpc) is 2.44. The zero-order valence-corrected chi connectivity index (χ0v) is 50.4. The first-order valence-corrected chi connectivity index (χ1v) is 29.4. The Bertz CT molecular complexity index is 2870. The third-order valence-electron chi connectivity index (χ3n) is 12.5. The van der Waals surface area contributed by atoms with Crippen LogP contribution in [0.25, 0.3) is 21.3 Å². The summed E-state index contributed by atoms with van der Waals surface area (Å²) < 4.78 is 74.6. The molecule has 26 nitrogen and oxygen atoms in total. The number of methoxy groups -OCH3 is 1. The number of halogens is 2. The number of rotatable bonds is 48. The number of alkyl carbamates (subject to hydrolysis) is 1. The number of hydrogen-bond acceptors (Lipinski definition) is 20. The van der Waals surface area contributed by atoms with Crippen LogP contribution in [0.3, 0.4) is 0 Å². The highest BCUT2D eigenvalue weighted by Crippen LogP contribution is 2.35. The van der Waals surface area contributed by atoms with Gasteiger partial charge in [0, 0.05) is 53.7 Å². The van der Waals surface area contributed by atoms with E-state index in [1.165, 1.54) is 31.6 Å². The average molecular weight is 1250 g/mol. The van der Waals surface area contributed by atoms with Crippen LogP contribution in [0.5, 0.6) is 11.5 Å². The molecule has 0 saturated heterocycles. The molecule has 4 amide bonds. The molecule has 0 fully saturated rings. The number of benzene rings is 4. The number of nitrogens with zero attached hydrogens (tertiary/aromatic N) is 5. The second-order valence-corrected chi connectivity index (χ2v) is 19.6. The highest BCUT2D eigenvalue weighted by molar-refractivity contribution is 6.31. The van der Waals surface area contributed by atoms with Gasteiger partial charge in [0.15, 0.2) is 11.5 Å². The Morgan fingerprint density at radius 1 is 0.659 bits per heavy atom. The van der Waals surface area contributed by atoms with Crippen LogP contribution in [-0.2, 0) is 70.0 Å². The van der Waals surface area contributed by atoms with Gasteiger partial charge in [0.05, 0.1) is 130 Å². The summed E-state index contributed by atoms with van der Waals surface area (Å²) >= 11 is 5.97. The van der Waals surface area contributed by atoms with E-state index in [-0.39, 0.29) is 50.8 Å². The van der Waals surface area contributed by atoms with E-state index in [0.29, 0.717) is 176 Å². The number of carbonyl (C=O) groups is 4. The number of amides is 4. The van der Waals surface area contributed by atoms with Crippen LogP contribution in [0.4, 0.5) is 26.4 Å². The van der Waals surface area contributed by atoms with E-state index in [9.17, 15) is 23.6 Å². The monoisotopic (exact) mass is 1250 g/mol. The molecule has 1 heterocycles. The topological polar surface area (TPSA) is 331 Å². The lowest BCUT2D eigenvalue weighted by atomic mass is 10.0. The van der Waals surface area contributed by atoms with Crippen molar-refractivity contribution in [2.24, 2.45) is 10.8 Å². The van der Waals surface area contributed by atoms with Crippen LogP contribution in [0, 0.1) is 5.82 Å². The summed E-state index contributed by atoms with van der Waals surface area (Å²) in [7, 11) is 1.51. The largest absolute Gasteiger partial charge is 0.493 e. The molecule has 7 N–H and O–H groups in total. The number of unbranched alkanes of at least 4 members (excludes halogenated alkanes) is 1. The van der Waals surface area contributed by atoms with E-state index >= 15 is 0 Å². The molecule has 0 radical (unpaired) electrons. The van der Waals surface area contributed by atoms with Crippen LogP contribution in [-0.4, -0.2) is 185 Å². The summed E-state index contributed by atoms with van der Waals surface area (Å²) in [4.78, 5) is 64.9. The van der Waals surface area contributed by atoms with Gasteiger partial charge in [-0.15, -0.1) is 0 Å². The molecule has 5 aromatic rings. The molecule has 2 atom stereocenters. The number of azide groups is 1. The summed E-state index contributed by atoms with van der Waals surface area (Å²) in [5, 5.41) is 18.4. The molecule has 1 unspecified atom stereocenters. The summed E-state index contributed by atoms with van der Waals surface area (Å²) in [6.45, 7) is 7.10. The fourth-order valence-electron chi connectivity index (χ4n) is 8.02. The molecular weight excluding hydrogens is 1170 g/mol. The van der Waals surface area contributed by atoms with Crippen molar-refractivity contribution in [2.45, 2.75) is 57.2 Å². The minimum Gasteiger partial charge on any atom is -0.493 e. The molecule has 5 rings (SSSR count). The number of anilines is 3. The Morgan fingerprint density at radius 3 is 1.88 bits per heavy atom. The molecular formula is C60H81ClFN11O15. The first kappa shape index (κ1) is 71.2. The number of ether oxygens (including phenoxy) is 11. The second kappa shape index (κ2) is 44.0. The number of carbonyl (C=O) groups excluding carboxylic acids is 4.